The summed E-state index contributed by atoms with van der Waals surface area (Å²) in [5, 5.41) is 4.51. The summed E-state index contributed by atoms with van der Waals surface area (Å²) >= 11 is 0. The molecule has 1 saturated heterocycles. The number of aromatic nitrogens is 2. The smallest absolute Gasteiger partial charge is 0.358 e. The van der Waals surface area contributed by atoms with Gasteiger partial charge in [-0.25, -0.2) is 4.98 Å². The number of anilines is 1. The van der Waals surface area contributed by atoms with E-state index in [1.54, 1.807) is 0 Å². The molecule has 0 radical (unpaired) electrons. The lowest BCUT2D eigenvalue weighted by Gasteiger charge is -2.41. The fourth-order valence-corrected chi connectivity index (χ4v) is 3.70. The number of rotatable bonds is 2. The first-order valence-corrected chi connectivity index (χ1v) is 9.49. The minimum atomic E-state index is -4.61. The molecule has 3 amide bonds. The molecule has 31 heavy (non-hydrogen) atoms. The van der Waals surface area contributed by atoms with Gasteiger partial charge in [0.05, 0.1) is 11.9 Å². The summed E-state index contributed by atoms with van der Waals surface area (Å²) in [5.74, 6) is -2.88. The van der Waals surface area contributed by atoms with Crippen molar-refractivity contribution in [3.05, 3.63) is 22.6 Å². The van der Waals surface area contributed by atoms with Crippen molar-refractivity contribution < 1.29 is 32.1 Å². The molecule has 13 heteroatoms. The third-order valence-electron chi connectivity index (χ3n) is 5.67. The number of aromatic amines is 1. The largest absolute Gasteiger partial charge is 0.403 e. The van der Waals surface area contributed by atoms with Gasteiger partial charge in [-0.05, 0) is 25.8 Å². The maximum atomic E-state index is 13.3. The SMILES string of the molecule is CC1CN(C(=O)C(=O)Nc2cnc3o[nH]c(=O)c3c2)CCN1C(=O)C1(C(F)(F)F)CC1. The van der Waals surface area contributed by atoms with Gasteiger partial charge in [-0.1, -0.05) is 0 Å². The summed E-state index contributed by atoms with van der Waals surface area (Å²) in [6.07, 6.45) is -3.87. The Kier molecular flexibility index (Phi) is 4.78. The zero-order chi connectivity index (χ0) is 22.6. The van der Waals surface area contributed by atoms with Gasteiger partial charge in [0, 0.05) is 25.7 Å². The Bertz CT molecular complexity index is 1120. The molecule has 2 fully saturated rings. The molecule has 1 atom stereocenters. The van der Waals surface area contributed by atoms with Gasteiger partial charge >= 0.3 is 18.0 Å². The summed E-state index contributed by atoms with van der Waals surface area (Å²) in [4.78, 5) is 55.0. The number of H-pyrrole nitrogens is 1. The molecule has 2 aromatic heterocycles. The van der Waals surface area contributed by atoms with E-state index in [9.17, 15) is 32.3 Å². The van der Waals surface area contributed by atoms with Crippen LogP contribution in [0.4, 0.5) is 18.9 Å². The average molecular weight is 441 g/mol. The zero-order valence-electron chi connectivity index (χ0n) is 16.3. The number of hydrogen-bond acceptors (Lipinski definition) is 6. The predicted octanol–water partition coefficient (Wildman–Crippen LogP) is 0.856. The highest BCUT2D eigenvalue weighted by molar-refractivity contribution is 6.39. The van der Waals surface area contributed by atoms with E-state index in [1.807, 2.05) is 0 Å². The number of alkyl halides is 3. The van der Waals surface area contributed by atoms with Crippen LogP contribution in [0.2, 0.25) is 0 Å². The van der Waals surface area contributed by atoms with Gasteiger partial charge in [0.2, 0.25) is 5.91 Å². The van der Waals surface area contributed by atoms with E-state index in [-0.39, 0.29) is 49.3 Å². The van der Waals surface area contributed by atoms with Crippen LogP contribution in [0.5, 0.6) is 0 Å². The lowest BCUT2D eigenvalue weighted by molar-refractivity contribution is -0.201. The summed E-state index contributed by atoms with van der Waals surface area (Å²) in [6, 6.07) is 0.613. The van der Waals surface area contributed by atoms with Crippen LogP contribution in [0.25, 0.3) is 11.1 Å². The molecule has 1 aliphatic carbocycles. The number of hydrogen-bond donors (Lipinski definition) is 2. The number of carbonyl (C=O) groups excluding carboxylic acids is 3. The summed E-state index contributed by atoms with van der Waals surface area (Å²) in [7, 11) is 0. The van der Waals surface area contributed by atoms with E-state index in [0.29, 0.717) is 0 Å². The van der Waals surface area contributed by atoms with E-state index >= 15 is 0 Å². The molecule has 4 rings (SSSR count). The van der Waals surface area contributed by atoms with Crippen LogP contribution in [0.3, 0.4) is 0 Å². The lowest BCUT2D eigenvalue weighted by Crippen LogP contribution is -2.59. The van der Waals surface area contributed by atoms with E-state index < -0.39 is 40.9 Å². The maximum absolute atomic E-state index is 13.3. The van der Waals surface area contributed by atoms with E-state index in [4.69, 9.17) is 4.52 Å². The van der Waals surface area contributed by atoms with Crippen LogP contribution >= 0.6 is 0 Å². The first kappa shape index (κ1) is 20.9. The number of carbonyl (C=O) groups is 3. The fraction of sp³-hybridized carbons (Fsp3) is 0.500. The lowest BCUT2D eigenvalue weighted by atomic mass is 10.0. The highest BCUT2D eigenvalue weighted by Gasteiger charge is 2.69. The van der Waals surface area contributed by atoms with Crippen LogP contribution in [0.15, 0.2) is 21.6 Å². The number of amides is 3. The van der Waals surface area contributed by atoms with Crippen LogP contribution < -0.4 is 10.9 Å². The van der Waals surface area contributed by atoms with E-state index in [1.165, 1.54) is 24.1 Å². The van der Waals surface area contributed by atoms with Crippen molar-refractivity contribution in [2.45, 2.75) is 32.0 Å². The Morgan fingerprint density at radius 1 is 1.29 bits per heavy atom. The van der Waals surface area contributed by atoms with Gasteiger partial charge in [-0.3, -0.25) is 19.2 Å². The van der Waals surface area contributed by atoms with Crippen LogP contribution in [-0.4, -0.2) is 69.5 Å². The van der Waals surface area contributed by atoms with Gasteiger partial charge in [-0.2, -0.15) is 18.3 Å². The number of nitrogens with zero attached hydrogens (tertiary/aromatic N) is 3. The van der Waals surface area contributed by atoms with Crippen molar-refractivity contribution in [2.75, 3.05) is 25.0 Å². The molecule has 1 unspecified atom stereocenters. The second-order valence-corrected chi connectivity index (χ2v) is 7.74. The van der Waals surface area contributed by atoms with Gasteiger partial charge in [-0.15, -0.1) is 0 Å². The van der Waals surface area contributed by atoms with E-state index in [2.05, 4.69) is 15.5 Å². The Morgan fingerprint density at radius 2 is 2.00 bits per heavy atom. The molecule has 2 aliphatic rings. The maximum Gasteiger partial charge on any atom is 0.403 e. The van der Waals surface area contributed by atoms with Gasteiger partial charge in [0.15, 0.2) is 0 Å². The van der Waals surface area contributed by atoms with Gasteiger partial charge < -0.3 is 19.6 Å². The average Bonchev–Trinajstić information content (AvgIpc) is 3.47. The van der Waals surface area contributed by atoms with Gasteiger partial charge in [0.1, 0.15) is 10.8 Å². The van der Waals surface area contributed by atoms with Crippen molar-refractivity contribution in [1.29, 1.82) is 0 Å². The van der Waals surface area contributed by atoms with Crippen LogP contribution in [0, 0.1) is 5.41 Å². The molecular weight excluding hydrogens is 423 g/mol. The monoisotopic (exact) mass is 441 g/mol. The zero-order valence-corrected chi connectivity index (χ0v) is 16.3. The second-order valence-electron chi connectivity index (χ2n) is 7.74. The topological polar surface area (TPSA) is 129 Å². The Labute approximate surface area is 172 Å². The van der Waals surface area contributed by atoms with Crippen LogP contribution in [0.1, 0.15) is 19.8 Å². The van der Waals surface area contributed by atoms with E-state index in [0.717, 1.165) is 4.90 Å². The number of piperazine rings is 1. The van der Waals surface area contributed by atoms with Crippen molar-refractivity contribution >= 4 is 34.5 Å². The molecule has 0 aromatic carbocycles. The van der Waals surface area contributed by atoms with Gasteiger partial charge in [0.25, 0.3) is 11.3 Å². The molecule has 2 N–H and O–H groups in total. The predicted molar refractivity (Wildman–Crippen MR) is 98.7 cm³/mol. The fourth-order valence-electron chi connectivity index (χ4n) is 3.70. The molecule has 1 aliphatic heterocycles. The van der Waals surface area contributed by atoms with Crippen molar-refractivity contribution in [3.63, 3.8) is 0 Å². The number of fused-ring (bicyclic) bond motifs is 1. The summed E-state index contributed by atoms with van der Waals surface area (Å²) < 4.78 is 44.6. The third kappa shape index (κ3) is 3.53. The molecule has 2 aromatic rings. The first-order valence-electron chi connectivity index (χ1n) is 9.49. The standard InChI is InChI=1S/C18H18F3N5O5/c1-9-8-25(4-5-26(9)16(30)17(2-3-17)18(19,20)21)15(29)13(28)23-10-6-11-12(27)24-31-14(11)22-7-10/h6-7,9H,2-5,8H2,1H3,(H,23,28)(H,24,27). The quantitative estimate of drug-likeness (QED) is 0.665. The summed E-state index contributed by atoms with van der Waals surface area (Å²) in [5.41, 5.74) is -2.73. The highest BCUT2D eigenvalue weighted by Crippen LogP contribution is 2.58. The molecule has 0 spiro atoms. The molecule has 166 valence electrons. The number of nitrogens with one attached hydrogen (secondary N) is 2. The molecule has 0 bridgehead atoms. The molecule has 3 heterocycles. The number of pyridine rings is 1. The third-order valence-corrected chi connectivity index (χ3v) is 5.67. The Morgan fingerprint density at radius 3 is 2.61 bits per heavy atom. The van der Waals surface area contributed by atoms with Crippen LogP contribution in [-0.2, 0) is 14.4 Å². The molecular formula is C18H18F3N5O5. The highest BCUT2D eigenvalue weighted by atomic mass is 19.4. The first-order chi connectivity index (χ1) is 14.5. The Balaban J connectivity index is 1.40. The number of halogens is 3. The Hall–Kier alpha value is -3.38. The van der Waals surface area contributed by atoms with Crippen molar-refractivity contribution in [1.82, 2.24) is 19.9 Å². The molecule has 1 saturated carbocycles. The molecule has 10 nitrogen and oxygen atoms in total. The van der Waals surface area contributed by atoms with Crippen molar-refractivity contribution in [2.24, 2.45) is 5.41 Å². The summed E-state index contributed by atoms with van der Waals surface area (Å²) in [6.45, 7) is 1.28. The minimum absolute atomic E-state index is 0.0382. The second kappa shape index (κ2) is 7.10. The minimum Gasteiger partial charge on any atom is -0.358 e. The van der Waals surface area contributed by atoms with Crippen molar-refractivity contribution in [3.8, 4) is 0 Å². The normalized spacial score (nSPS) is 20.6.